The third kappa shape index (κ3) is 3.99. The molecule has 23 heavy (non-hydrogen) atoms. The van der Waals surface area contributed by atoms with E-state index in [-0.39, 0.29) is 5.91 Å². The fourth-order valence-corrected chi connectivity index (χ4v) is 2.83. The molecule has 0 saturated heterocycles. The topological polar surface area (TPSA) is 33.5 Å². The van der Waals surface area contributed by atoms with E-state index in [1.165, 1.54) is 0 Å². The van der Waals surface area contributed by atoms with Gasteiger partial charge in [0.05, 0.1) is 12.8 Å². The van der Waals surface area contributed by atoms with Gasteiger partial charge in [-0.15, -0.1) is 11.3 Å². The molecule has 2 aromatic heterocycles. The quantitative estimate of drug-likeness (QED) is 0.626. The van der Waals surface area contributed by atoms with Gasteiger partial charge in [-0.2, -0.15) is 0 Å². The zero-order valence-electron chi connectivity index (χ0n) is 12.8. The summed E-state index contributed by atoms with van der Waals surface area (Å²) in [5, 5.41) is 1.99. The summed E-state index contributed by atoms with van der Waals surface area (Å²) >= 11 is 1.60. The van der Waals surface area contributed by atoms with Crippen LogP contribution in [0.4, 0.5) is 5.69 Å². The summed E-state index contributed by atoms with van der Waals surface area (Å²) in [5.74, 6) is 0.683. The standard InChI is InChI=1S/C19H17NO2S/c1-15-6-8-16(9-7-15)20(14-17-4-2-12-22-17)19(21)11-10-18-5-3-13-23-18/h2-13H,14H2,1H3. The number of hydrogen-bond donors (Lipinski definition) is 0. The van der Waals surface area contributed by atoms with E-state index in [4.69, 9.17) is 4.42 Å². The lowest BCUT2D eigenvalue weighted by atomic mass is 10.2. The number of rotatable bonds is 5. The van der Waals surface area contributed by atoms with Gasteiger partial charge in [-0.1, -0.05) is 23.8 Å². The average Bonchev–Trinajstić information content (AvgIpc) is 3.25. The maximum Gasteiger partial charge on any atom is 0.251 e. The molecule has 116 valence electrons. The zero-order valence-corrected chi connectivity index (χ0v) is 13.6. The normalized spacial score (nSPS) is 11.0. The molecule has 0 aliphatic rings. The van der Waals surface area contributed by atoms with Crippen molar-refractivity contribution in [1.29, 1.82) is 0 Å². The minimum absolute atomic E-state index is 0.0707. The fraction of sp³-hybridized carbons (Fsp3) is 0.105. The van der Waals surface area contributed by atoms with Crippen molar-refractivity contribution in [3.8, 4) is 0 Å². The minimum Gasteiger partial charge on any atom is -0.467 e. The van der Waals surface area contributed by atoms with Crippen LogP contribution in [0.15, 0.2) is 70.7 Å². The number of furan rings is 1. The molecule has 2 heterocycles. The van der Waals surface area contributed by atoms with Gasteiger partial charge in [0.25, 0.3) is 5.91 Å². The Bertz CT molecular complexity index is 771. The first-order chi connectivity index (χ1) is 11.2. The first-order valence-electron chi connectivity index (χ1n) is 7.34. The summed E-state index contributed by atoms with van der Waals surface area (Å²) in [4.78, 5) is 15.4. The Morgan fingerprint density at radius 2 is 2.00 bits per heavy atom. The minimum atomic E-state index is -0.0707. The summed E-state index contributed by atoms with van der Waals surface area (Å²) in [6.45, 7) is 2.43. The van der Waals surface area contributed by atoms with Crippen LogP contribution < -0.4 is 4.90 Å². The van der Waals surface area contributed by atoms with Crippen LogP contribution in [0.5, 0.6) is 0 Å². The molecule has 0 fully saturated rings. The van der Waals surface area contributed by atoms with Gasteiger partial charge in [-0.05, 0) is 48.7 Å². The highest BCUT2D eigenvalue weighted by atomic mass is 32.1. The highest BCUT2D eigenvalue weighted by Gasteiger charge is 2.15. The number of thiophene rings is 1. The number of benzene rings is 1. The van der Waals surface area contributed by atoms with Crippen LogP contribution in [0.3, 0.4) is 0 Å². The SMILES string of the molecule is Cc1ccc(N(Cc2ccco2)C(=O)C=Cc2cccs2)cc1. The predicted molar refractivity (Wildman–Crippen MR) is 94.4 cm³/mol. The number of aryl methyl sites for hydroxylation is 1. The number of hydrogen-bond acceptors (Lipinski definition) is 3. The largest absolute Gasteiger partial charge is 0.467 e. The Kier molecular flexibility index (Phi) is 4.74. The highest BCUT2D eigenvalue weighted by Crippen LogP contribution is 2.20. The number of anilines is 1. The molecular formula is C19H17NO2S. The predicted octanol–water partition coefficient (Wildman–Crippen LogP) is 4.90. The van der Waals surface area contributed by atoms with E-state index in [1.807, 2.05) is 66.9 Å². The van der Waals surface area contributed by atoms with E-state index >= 15 is 0 Å². The van der Waals surface area contributed by atoms with Crippen LogP contribution in [0, 0.1) is 6.92 Å². The van der Waals surface area contributed by atoms with Crippen LogP contribution >= 0.6 is 11.3 Å². The molecule has 1 aromatic carbocycles. The van der Waals surface area contributed by atoms with E-state index in [9.17, 15) is 4.79 Å². The summed E-state index contributed by atoms with van der Waals surface area (Å²) in [7, 11) is 0. The maximum atomic E-state index is 12.7. The molecule has 0 aliphatic heterocycles. The van der Waals surface area contributed by atoms with E-state index in [1.54, 1.807) is 28.6 Å². The summed E-state index contributed by atoms with van der Waals surface area (Å²) < 4.78 is 5.39. The lowest BCUT2D eigenvalue weighted by Gasteiger charge is -2.20. The molecule has 0 bridgehead atoms. The van der Waals surface area contributed by atoms with Gasteiger partial charge < -0.3 is 9.32 Å². The summed E-state index contributed by atoms with van der Waals surface area (Å²) in [5.41, 5.74) is 2.01. The number of amides is 1. The van der Waals surface area contributed by atoms with Crippen molar-refractivity contribution in [3.63, 3.8) is 0 Å². The Morgan fingerprint density at radius 1 is 1.17 bits per heavy atom. The van der Waals surface area contributed by atoms with Gasteiger partial charge >= 0.3 is 0 Å². The number of nitrogens with zero attached hydrogens (tertiary/aromatic N) is 1. The molecule has 0 radical (unpaired) electrons. The van der Waals surface area contributed by atoms with E-state index < -0.39 is 0 Å². The molecule has 3 nitrogen and oxygen atoms in total. The van der Waals surface area contributed by atoms with Crippen LogP contribution in [0.1, 0.15) is 16.2 Å². The van der Waals surface area contributed by atoms with Crippen molar-refractivity contribution in [2.24, 2.45) is 0 Å². The lowest BCUT2D eigenvalue weighted by molar-refractivity contribution is -0.114. The molecule has 1 amide bonds. The zero-order chi connectivity index (χ0) is 16.1. The third-order valence-electron chi connectivity index (χ3n) is 3.44. The van der Waals surface area contributed by atoms with Crippen molar-refractivity contribution >= 4 is 29.0 Å². The average molecular weight is 323 g/mol. The van der Waals surface area contributed by atoms with Crippen molar-refractivity contribution in [1.82, 2.24) is 0 Å². The molecule has 0 atom stereocenters. The fourth-order valence-electron chi connectivity index (χ4n) is 2.21. The van der Waals surface area contributed by atoms with Gasteiger partial charge in [0.1, 0.15) is 5.76 Å². The number of carbonyl (C=O) groups excluding carboxylic acids is 1. The van der Waals surface area contributed by atoms with E-state index in [0.717, 1.165) is 21.9 Å². The summed E-state index contributed by atoms with van der Waals surface area (Å²) in [6, 6.07) is 15.6. The summed E-state index contributed by atoms with van der Waals surface area (Å²) in [6.07, 6.45) is 5.07. The first kappa shape index (κ1) is 15.3. The van der Waals surface area contributed by atoms with E-state index in [2.05, 4.69) is 0 Å². The Hall–Kier alpha value is -2.59. The molecule has 4 heteroatoms. The van der Waals surface area contributed by atoms with Crippen molar-refractivity contribution < 1.29 is 9.21 Å². The lowest BCUT2D eigenvalue weighted by Crippen LogP contribution is -2.28. The van der Waals surface area contributed by atoms with Gasteiger partial charge in [0.15, 0.2) is 0 Å². The van der Waals surface area contributed by atoms with Crippen molar-refractivity contribution in [2.45, 2.75) is 13.5 Å². The smallest absolute Gasteiger partial charge is 0.251 e. The highest BCUT2D eigenvalue weighted by molar-refractivity contribution is 7.10. The Balaban J connectivity index is 1.84. The Morgan fingerprint density at radius 3 is 2.65 bits per heavy atom. The van der Waals surface area contributed by atoms with Gasteiger partial charge in [0.2, 0.25) is 0 Å². The molecular weight excluding hydrogens is 306 g/mol. The second kappa shape index (κ2) is 7.11. The monoisotopic (exact) mass is 323 g/mol. The van der Waals surface area contributed by atoms with Crippen LogP contribution in [0.25, 0.3) is 6.08 Å². The molecule has 0 aliphatic carbocycles. The second-order valence-corrected chi connectivity index (χ2v) is 6.17. The van der Waals surface area contributed by atoms with Crippen molar-refractivity contribution in [3.05, 3.63) is 82.5 Å². The molecule has 3 rings (SSSR count). The first-order valence-corrected chi connectivity index (χ1v) is 8.22. The third-order valence-corrected chi connectivity index (χ3v) is 4.28. The number of carbonyl (C=O) groups is 1. The van der Waals surface area contributed by atoms with Crippen molar-refractivity contribution in [2.75, 3.05) is 4.90 Å². The van der Waals surface area contributed by atoms with Crippen LogP contribution in [-0.2, 0) is 11.3 Å². The second-order valence-electron chi connectivity index (χ2n) is 5.19. The van der Waals surface area contributed by atoms with E-state index in [0.29, 0.717) is 6.54 Å². The van der Waals surface area contributed by atoms with Crippen LogP contribution in [0.2, 0.25) is 0 Å². The van der Waals surface area contributed by atoms with Gasteiger partial charge in [-0.25, -0.2) is 0 Å². The molecule has 0 N–H and O–H groups in total. The maximum absolute atomic E-state index is 12.7. The van der Waals surface area contributed by atoms with Gasteiger partial charge in [-0.3, -0.25) is 4.79 Å². The molecule has 0 unspecified atom stereocenters. The Labute approximate surface area is 139 Å². The molecule has 3 aromatic rings. The molecule has 0 saturated carbocycles. The van der Waals surface area contributed by atoms with Gasteiger partial charge in [0, 0.05) is 16.6 Å². The molecule has 0 spiro atoms. The van der Waals surface area contributed by atoms with Crippen LogP contribution in [-0.4, -0.2) is 5.91 Å².